The number of alkyl halides is 3. The maximum absolute atomic E-state index is 10.7. The summed E-state index contributed by atoms with van der Waals surface area (Å²) in [4.78, 5) is 10.7. The Bertz CT molecular complexity index is 150. The van der Waals surface area contributed by atoms with Crippen molar-refractivity contribution in [3.63, 3.8) is 0 Å². The fraction of sp³-hybridized carbons (Fsp3) is 0.500. The minimum Gasteiger partial charge on any atom is -0.461 e. The van der Waals surface area contributed by atoms with Crippen LogP contribution >= 0.6 is 34.8 Å². The van der Waals surface area contributed by atoms with E-state index in [1.807, 2.05) is 0 Å². The van der Waals surface area contributed by atoms with E-state index in [2.05, 4.69) is 11.3 Å². The van der Waals surface area contributed by atoms with Crippen LogP contribution in [-0.2, 0) is 9.53 Å². The molecule has 64 valence electrons. The van der Waals surface area contributed by atoms with Gasteiger partial charge in [-0.2, -0.15) is 0 Å². The second-order valence-corrected chi connectivity index (χ2v) is 4.28. The van der Waals surface area contributed by atoms with Crippen molar-refractivity contribution in [3.8, 4) is 0 Å². The third-order valence-corrected chi connectivity index (χ3v) is 1.11. The first-order valence-corrected chi connectivity index (χ1v) is 3.92. The van der Waals surface area contributed by atoms with Crippen molar-refractivity contribution in [2.24, 2.45) is 0 Å². The third-order valence-electron chi connectivity index (χ3n) is 0.707. The highest BCUT2D eigenvalue weighted by Gasteiger charge is 2.24. The van der Waals surface area contributed by atoms with Gasteiger partial charge in [0.2, 0.25) is 3.79 Å². The zero-order valence-electron chi connectivity index (χ0n) is 5.65. The Morgan fingerprint density at radius 2 is 2.09 bits per heavy atom. The summed E-state index contributed by atoms with van der Waals surface area (Å²) < 4.78 is 2.99. The lowest BCUT2D eigenvalue weighted by atomic mass is 10.5. The zero-order chi connectivity index (χ0) is 8.91. The normalized spacial score (nSPS) is 10.8. The van der Waals surface area contributed by atoms with E-state index in [4.69, 9.17) is 34.8 Å². The standard InChI is InChI=1S/C6H7Cl3O2/c1-2-3-11-5(10)4-6(7,8)9/h2H,1,3-4H2. The van der Waals surface area contributed by atoms with E-state index in [0.717, 1.165) is 0 Å². The van der Waals surface area contributed by atoms with E-state index in [-0.39, 0.29) is 13.0 Å². The topological polar surface area (TPSA) is 26.3 Å². The summed E-state index contributed by atoms with van der Waals surface area (Å²) in [6.07, 6.45) is 1.20. The molecular weight excluding hydrogens is 210 g/mol. The number of hydrogen-bond donors (Lipinski definition) is 0. The molecule has 0 heterocycles. The third kappa shape index (κ3) is 7.98. The van der Waals surface area contributed by atoms with Crippen LogP contribution in [-0.4, -0.2) is 16.4 Å². The molecule has 0 aromatic rings. The van der Waals surface area contributed by atoms with Gasteiger partial charge in [0.1, 0.15) is 6.61 Å². The summed E-state index contributed by atoms with van der Waals surface area (Å²) in [5, 5.41) is 0. The summed E-state index contributed by atoms with van der Waals surface area (Å²) >= 11 is 15.9. The summed E-state index contributed by atoms with van der Waals surface area (Å²) in [5.74, 6) is -0.551. The molecule has 0 aliphatic heterocycles. The van der Waals surface area contributed by atoms with Crippen molar-refractivity contribution in [2.45, 2.75) is 10.2 Å². The Hall–Kier alpha value is 0.0800. The molecule has 0 radical (unpaired) electrons. The monoisotopic (exact) mass is 216 g/mol. The molecule has 0 N–H and O–H groups in total. The number of carbonyl (C=O) groups is 1. The van der Waals surface area contributed by atoms with Gasteiger partial charge in [0, 0.05) is 0 Å². The van der Waals surface area contributed by atoms with Gasteiger partial charge in [0.25, 0.3) is 0 Å². The first kappa shape index (κ1) is 11.1. The molecule has 0 aromatic carbocycles. The highest BCUT2D eigenvalue weighted by atomic mass is 35.6. The molecular formula is C6H7Cl3O2. The van der Waals surface area contributed by atoms with Crippen LogP contribution in [0.4, 0.5) is 0 Å². The number of halogens is 3. The fourth-order valence-corrected chi connectivity index (χ4v) is 0.694. The number of ether oxygens (including phenoxy) is 1. The molecule has 0 aliphatic rings. The molecule has 0 atom stereocenters. The van der Waals surface area contributed by atoms with Crippen LogP contribution < -0.4 is 0 Å². The fourth-order valence-electron chi connectivity index (χ4n) is 0.367. The minimum absolute atomic E-state index is 0.138. The molecule has 11 heavy (non-hydrogen) atoms. The maximum atomic E-state index is 10.7. The van der Waals surface area contributed by atoms with Crippen molar-refractivity contribution in [1.82, 2.24) is 0 Å². The van der Waals surface area contributed by atoms with E-state index in [1.165, 1.54) is 6.08 Å². The van der Waals surface area contributed by atoms with E-state index in [9.17, 15) is 4.79 Å². The molecule has 0 saturated carbocycles. The lowest BCUT2D eigenvalue weighted by Gasteiger charge is -2.08. The highest BCUT2D eigenvalue weighted by molar-refractivity contribution is 6.68. The Labute approximate surface area is 80.1 Å². The van der Waals surface area contributed by atoms with Gasteiger partial charge in [-0.15, -0.1) is 0 Å². The first-order valence-electron chi connectivity index (χ1n) is 2.79. The predicted molar refractivity (Wildman–Crippen MR) is 46.1 cm³/mol. The Morgan fingerprint density at radius 1 is 1.55 bits per heavy atom. The van der Waals surface area contributed by atoms with E-state index < -0.39 is 9.76 Å². The second kappa shape index (κ2) is 4.86. The number of hydrogen-bond acceptors (Lipinski definition) is 2. The lowest BCUT2D eigenvalue weighted by molar-refractivity contribution is -0.142. The number of esters is 1. The van der Waals surface area contributed by atoms with Gasteiger partial charge < -0.3 is 4.74 Å². The van der Waals surface area contributed by atoms with Crippen LogP contribution in [0.1, 0.15) is 6.42 Å². The van der Waals surface area contributed by atoms with Crippen molar-refractivity contribution >= 4 is 40.8 Å². The number of carbonyl (C=O) groups excluding carboxylic acids is 1. The van der Waals surface area contributed by atoms with Crippen LogP contribution in [0, 0.1) is 0 Å². The van der Waals surface area contributed by atoms with Gasteiger partial charge in [0.05, 0.1) is 6.42 Å². The maximum Gasteiger partial charge on any atom is 0.310 e. The average molecular weight is 217 g/mol. The summed E-state index contributed by atoms with van der Waals surface area (Å²) in [6.45, 7) is 3.49. The van der Waals surface area contributed by atoms with Gasteiger partial charge in [-0.3, -0.25) is 4.79 Å². The Kier molecular flexibility index (Phi) is 4.89. The van der Waals surface area contributed by atoms with Crippen LogP contribution in [0.5, 0.6) is 0 Å². The molecule has 0 bridgehead atoms. The van der Waals surface area contributed by atoms with Crippen molar-refractivity contribution in [2.75, 3.05) is 6.61 Å². The van der Waals surface area contributed by atoms with E-state index >= 15 is 0 Å². The first-order chi connectivity index (χ1) is 4.95. The van der Waals surface area contributed by atoms with Crippen LogP contribution in [0.2, 0.25) is 0 Å². The van der Waals surface area contributed by atoms with Crippen LogP contribution in [0.25, 0.3) is 0 Å². The van der Waals surface area contributed by atoms with Gasteiger partial charge in [-0.25, -0.2) is 0 Å². The van der Waals surface area contributed by atoms with Crippen LogP contribution in [0.15, 0.2) is 12.7 Å². The molecule has 0 aromatic heterocycles. The van der Waals surface area contributed by atoms with Crippen molar-refractivity contribution in [1.29, 1.82) is 0 Å². The summed E-state index contributed by atoms with van der Waals surface area (Å²) in [5.41, 5.74) is 0. The average Bonchev–Trinajstić information content (AvgIpc) is 1.79. The van der Waals surface area contributed by atoms with E-state index in [1.54, 1.807) is 0 Å². The molecule has 0 amide bonds. The lowest BCUT2D eigenvalue weighted by Crippen LogP contribution is -2.14. The predicted octanol–water partition coefficient (Wildman–Crippen LogP) is 2.48. The van der Waals surface area contributed by atoms with Crippen molar-refractivity contribution < 1.29 is 9.53 Å². The van der Waals surface area contributed by atoms with Crippen molar-refractivity contribution in [3.05, 3.63) is 12.7 Å². The molecule has 0 saturated heterocycles. The van der Waals surface area contributed by atoms with Gasteiger partial charge in [0.15, 0.2) is 0 Å². The second-order valence-electron chi connectivity index (χ2n) is 1.76. The molecule has 5 heteroatoms. The van der Waals surface area contributed by atoms with Gasteiger partial charge in [-0.1, -0.05) is 47.5 Å². The molecule has 0 rings (SSSR count). The number of rotatable bonds is 3. The molecule has 2 nitrogen and oxygen atoms in total. The van der Waals surface area contributed by atoms with Gasteiger partial charge in [-0.05, 0) is 0 Å². The molecule has 0 aliphatic carbocycles. The Balaban J connectivity index is 3.61. The van der Waals surface area contributed by atoms with Gasteiger partial charge >= 0.3 is 5.97 Å². The summed E-state index contributed by atoms with van der Waals surface area (Å²) in [7, 11) is 0. The summed E-state index contributed by atoms with van der Waals surface area (Å²) in [6, 6.07) is 0. The molecule has 0 unspecified atom stereocenters. The Morgan fingerprint density at radius 3 is 2.45 bits per heavy atom. The van der Waals surface area contributed by atoms with Crippen LogP contribution in [0.3, 0.4) is 0 Å². The SMILES string of the molecule is C=CCOC(=O)CC(Cl)(Cl)Cl. The molecule has 0 fully saturated rings. The minimum atomic E-state index is -1.57. The van der Waals surface area contributed by atoms with E-state index in [0.29, 0.717) is 0 Å². The smallest absolute Gasteiger partial charge is 0.310 e. The molecule has 0 spiro atoms. The highest BCUT2D eigenvalue weighted by Crippen LogP contribution is 2.30. The largest absolute Gasteiger partial charge is 0.461 e. The zero-order valence-corrected chi connectivity index (χ0v) is 7.92. The quantitative estimate of drug-likeness (QED) is 0.412.